The summed E-state index contributed by atoms with van der Waals surface area (Å²) in [5.41, 5.74) is 0.533. The number of hydrogen-bond acceptors (Lipinski definition) is 3. The molecule has 1 heterocycles. The van der Waals surface area contributed by atoms with Crippen molar-refractivity contribution in [2.45, 2.75) is 5.16 Å². The third-order valence-corrected chi connectivity index (χ3v) is 2.97. The molecule has 0 bridgehead atoms. The predicted molar refractivity (Wildman–Crippen MR) is 64.2 cm³/mol. The van der Waals surface area contributed by atoms with Crippen LogP contribution in [0.5, 0.6) is 0 Å². The minimum Gasteiger partial charge on any atom is -0.230 e. The van der Waals surface area contributed by atoms with Crippen molar-refractivity contribution >= 4 is 23.4 Å². The van der Waals surface area contributed by atoms with Crippen molar-refractivity contribution in [2.75, 3.05) is 6.26 Å². The lowest BCUT2D eigenvalue weighted by molar-refractivity contribution is 0.585. The minimum absolute atomic E-state index is 0.148. The molecule has 0 radical (unpaired) electrons. The van der Waals surface area contributed by atoms with Crippen molar-refractivity contribution in [1.82, 2.24) is 9.97 Å². The van der Waals surface area contributed by atoms with Gasteiger partial charge in [-0.3, -0.25) is 0 Å². The maximum atomic E-state index is 13.5. The van der Waals surface area contributed by atoms with E-state index < -0.39 is 11.6 Å². The molecule has 0 aliphatic heterocycles. The first-order valence-corrected chi connectivity index (χ1v) is 6.24. The molecule has 2 nitrogen and oxygen atoms in total. The minimum atomic E-state index is -0.688. The van der Waals surface area contributed by atoms with Crippen molar-refractivity contribution in [2.24, 2.45) is 0 Å². The van der Waals surface area contributed by atoms with E-state index in [1.165, 1.54) is 24.0 Å². The van der Waals surface area contributed by atoms with Crippen LogP contribution in [-0.4, -0.2) is 16.2 Å². The Labute approximate surface area is 106 Å². The number of hydrogen-bond donors (Lipinski definition) is 0. The topological polar surface area (TPSA) is 25.8 Å². The number of aromatic nitrogens is 2. The molecule has 2 rings (SSSR count). The molecular formula is C11H7ClF2N2S. The Morgan fingerprint density at radius 2 is 2.00 bits per heavy atom. The summed E-state index contributed by atoms with van der Waals surface area (Å²) in [5, 5.41) is 0.649. The molecule has 88 valence electrons. The van der Waals surface area contributed by atoms with Gasteiger partial charge in [0.2, 0.25) is 0 Å². The number of halogens is 3. The lowest BCUT2D eigenvalue weighted by Crippen LogP contribution is -1.92. The van der Waals surface area contributed by atoms with E-state index in [9.17, 15) is 8.78 Å². The van der Waals surface area contributed by atoms with Crippen molar-refractivity contribution < 1.29 is 8.78 Å². The molecule has 0 atom stereocenters. The van der Waals surface area contributed by atoms with E-state index in [2.05, 4.69) is 9.97 Å². The lowest BCUT2D eigenvalue weighted by atomic mass is 10.1. The zero-order valence-corrected chi connectivity index (χ0v) is 10.3. The Bertz CT molecular complexity index is 563. The number of benzene rings is 1. The molecule has 0 fully saturated rings. The molecule has 0 unspecified atom stereocenters. The van der Waals surface area contributed by atoms with Gasteiger partial charge >= 0.3 is 0 Å². The molecule has 0 saturated heterocycles. The van der Waals surface area contributed by atoms with Crippen LogP contribution < -0.4 is 0 Å². The Kier molecular flexibility index (Phi) is 3.59. The van der Waals surface area contributed by atoms with Crippen LogP contribution in [0.1, 0.15) is 0 Å². The van der Waals surface area contributed by atoms with E-state index in [0.29, 0.717) is 10.7 Å². The molecule has 0 aliphatic carbocycles. The molecule has 0 aliphatic rings. The molecule has 1 aromatic carbocycles. The van der Waals surface area contributed by atoms with Gasteiger partial charge in [-0.2, -0.15) is 0 Å². The van der Waals surface area contributed by atoms with Crippen molar-refractivity contribution in [3.8, 4) is 11.1 Å². The van der Waals surface area contributed by atoms with E-state index in [4.69, 9.17) is 11.6 Å². The number of rotatable bonds is 2. The van der Waals surface area contributed by atoms with Gasteiger partial charge in [0.25, 0.3) is 0 Å². The standard InChI is InChI=1S/C11H7ClF2N2S/c1-17-11-15-5-8(10(12)16-11)7-3-2-6(13)4-9(7)14/h2-5H,1H3. The lowest BCUT2D eigenvalue weighted by Gasteiger charge is -2.05. The summed E-state index contributed by atoms with van der Waals surface area (Å²) in [5.74, 6) is -1.32. The van der Waals surface area contributed by atoms with Crippen LogP contribution in [0.4, 0.5) is 8.78 Å². The van der Waals surface area contributed by atoms with Crippen molar-refractivity contribution in [3.63, 3.8) is 0 Å². The fourth-order valence-corrected chi connectivity index (χ4v) is 1.95. The molecular weight excluding hydrogens is 266 g/mol. The highest BCUT2D eigenvalue weighted by atomic mass is 35.5. The van der Waals surface area contributed by atoms with Crippen molar-refractivity contribution in [1.29, 1.82) is 0 Å². The van der Waals surface area contributed by atoms with Crippen LogP contribution in [-0.2, 0) is 0 Å². The van der Waals surface area contributed by atoms with E-state index in [0.717, 1.165) is 12.1 Å². The van der Waals surface area contributed by atoms with Crippen LogP contribution in [0, 0.1) is 11.6 Å². The molecule has 1 aromatic heterocycles. The summed E-state index contributed by atoms with van der Waals surface area (Å²) >= 11 is 7.26. The zero-order valence-electron chi connectivity index (χ0n) is 8.75. The van der Waals surface area contributed by atoms with Crippen LogP contribution in [0.15, 0.2) is 29.6 Å². The quantitative estimate of drug-likeness (QED) is 0.472. The van der Waals surface area contributed by atoms with E-state index in [-0.39, 0.29) is 10.7 Å². The second-order valence-corrected chi connectivity index (χ2v) is 4.32. The van der Waals surface area contributed by atoms with Gasteiger partial charge in [-0.05, 0) is 18.4 Å². The van der Waals surface area contributed by atoms with Gasteiger partial charge in [0.15, 0.2) is 5.16 Å². The smallest absolute Gasteiger partial charge is 0.188 e. The normalized spacial score (nSPS) is 10.6. The van der Waals surface area contributed by atoms with Crippen LogP contribution in [0.25, 0.3) is 11.1 Å². The number of thioether (sulfide) groups is 1. The molecule has 6 heteroatoms. The third-order valence-electron chi connectivity index (χ3n) is 2.12. The van der Waals surface area contributed by atoms with Gasteiger partial charge in [-0.15, -0.1) is 0 Å². The van der Waals surface area contributed by atoms with Crippen LogP contribution in [0.3, 0.4) is 0 Å². The first kappa shape index (κ1) is 12.3. The second-order valence-electron chi connectivity index (χ2n) is 3.19. The van der Waals surface area contributed by atoms with Gasteiger partial charge < -0.3 is 0 Å². The van der Waals surface area contributed by atoms with Gasteiger partial charge in [0.1, 0.15) is 16.8 Å². The second kappa shape index (κ2) is 4.98. The Morgan fingerprint density at radius 3 is 2.59 bits per heavy atom. The van der Waals surface area contributed by atoms with Gasteiger partial charge in [-0.1, -0.05) is 23.4 Å². The van der Waals surface area contributed by atoms with Crippen LogP contribution in [0.2, 0.25) is 5.15 Å². The fourth-order valence-electron chi connectivity index (χ4n) is 1.33. The van der Waals surface area contributed by atoms with Crippen molar-refractivity contribution in [3.05, 3.63) is 41.2 Å². The summed E-state index contributed by atoms with van der Waals surface area (Å²) in [4.78, 5) is 7.99. The van der Waals surface area contributed by atoms with E-state index >= 15 is 0 Å². The first-order chi connectivity index (χ1) is 8.11. The third kappa shape index (κ3) is 2.56. The Morgan fingerprint density at radius 1 is 1.24 bits per heavy atom. The number of nitrogens with zero attached hydrogens (tertiary/aromatic N) is 2. The summed E-state index contributed by atoms with van der Waals surface area (Å²) in [7, 11) is 0. The van der Waals surface area contributed by atoms with Gasteiger partial charge in [0.05, 0.1) is 0 Å². The molecule has 2 aromatic rings. The molecule has 0 saturated carbocycles. The first-order valence-electron chi connectivity index (χ1n) is 4.64. The largest absolute Gasteiger partial charge is 0.230 e. The molecule has 17 heavy (non-hydrogen) atoms. The highest BCUT2D eigenvalue weighted by Gasteiger charge is 2.12. The maximum Gasteiger partial charge on any atom is 0.188 e. The fraction of sp³-hybridized carbons (Fsp3) is 0.0909. The average Bonchev–Trinajstić information content (AvgIpc) is 2.30. The molecule has 0 N–H and O–H groups in total. The maximum absolute atomic E-state index is 13.5. The predicted octanol–water partition coefficient (Wildman–Crippen LogP) is 3.80. The monoisotopic (exact) mass is 272 g/mol. The highest BCUT2D eigenvalue weighted by molar-refractivity contribution is 7.98. The summed E-state index contributed by atoms with van der Waals surface area (Å²) in [6.45, 7) is 0. The van der Waals surface area contributed by atoms with E-state index in [1.54, 1.807) is 0 Å². The summed E-state index contributed by atoms with van der Waals surface area (Å²) < 4.78 is 26.3. The van der Waals surface area contributed by atoms with E-state index in [1.807, 2.05) is 6.26 Å². The highest BCUT2D eigenvalue weighted by Crippen LogP contribution is 2.29. The Hall–Kier alpha value is -1.20. The molecule has 0 spiro atoms. The summed E-state index contributed by atoms with van der Waals surface area (Å²) in [6.07, 6.45) is 3.24. The van der Waals surface area contributed by atoms with Crippen LogP contribution >= 0.6 is 23.4 Å². The zero-order chi connectivity index (χ0) is 12.4. The average molecular weight is 273 g/mol. The molecule has 0 amide bonds. The SMILES string of the molecule is CSc1ncc(-c2ccc(F)cc2F)c(Cl)n1. The Balaban J connectivity index is 2.53. The van der Waals surface area contributed by atoms with Gasteiger partial charge in [-0.25, -0.2) is 18.7 Å². The van der Waals surface area contributed by atoms with Gasteiger partial charge in [0, 0.05) is 23.4 Å². The summed E-state index contributed by atoms with van der Waals surface area (Å²) in [6, 6.07) is 3.28.